The molecule has 0 saturated carbocycles. The van der Waals surface area contributed by atoms with Gasteiger partial charge in [-0.05, 0) is 25.0 Å². The van der Waals surface area contributed by atoms with Crippen LogP contribution in [-0.4, -0.2) is 29.9 Å². The molecule has 1 saturated heterocycles. The first-order valence-corrected chi connectivity index (χ1v) is 5.67. The van der Waals surface area contributed by atoms with Crippen LogP contribution in [0.3, 0.4) is 0 Å². The molecule has 1 aliphatic rings. The average molecular weight is 235 g/mol. The molecule has 0 radical (unpaired) electrons. The molecule has 0 aliphatic carbocycles. The van der Waals surface area contributed by atoms with E-state index >= 15 is 0 Å². The van der Waals surface area contributed by atoms with Crippen molar-refractivity contribution < 1.29 is 4.42 Å². The third-order valence-corrected chi connectivity index (χ3v) is 2.64. The van der Waals surface area contributed by atoms with Gasteiger partial charge in [-0.3, -0.25) is 0 Å². The lowest BCUT2D eigenvalue weighted by molar-refractivity contribution is 0.511. The van der Waals surface area contributed by atoms with Gasteiger partial charge < -0.3 is 20.8 Å². The average Bonchev–Trinajstić information content (AvgIpc) is 2.99. The molecular weight excluding hydrogens is 218 g/mol. The van der Waals surface area contributed by atoms with Crippen LogP contribution >= 0.6 is 0 Å². The Kier molecular flexibility index (Phi) is 3.64. The minimum atomic E-state index is 0.186. The van der Waals surface area contributed by atoms with E-state index < -0.39 is 0 Å². The van der Waals surface area contributed by atoms with Gasteiger partial charge in [0.1, 0.15) is 12.3 Å². The molecule has 0 atom stereocenters. The normalized spacial score (nSPS) is 17.8. The molecule has 1 aliphatic heterocycles. The first-order valence-electron chi connectivity index (χ1n) is 5.67. The maximum absolute atomic E-state index is 5.82. The zero-order chi connectivity index (χ0) is 12.1. The summed E-state index contributed by atoms with van der Waals surface area (Å²) in [6, 6.07) is 3.65. The largest absolute Gasteiger partial charge is 0.467 e. The van der Waals surface area contributed by atoms with Crippen LogP contribution in [-0.2, 0) is 6.54 Å². The summed E-state index contributed by atoms with van der Waals surface area (Å²) in [6.45, 7) is 2.28. The fraction of sp³-hybridized carbons (Fsp3) is 0.455. The van der Waals surface area contributed by atoms with Gasteiger partial charge in [0.05, 0.1) is 6.26 Å². The van der Waals surface area contributed by atoms with Crippen molar-refractivity contribution in [1.29, 1.82) is 0 Å². The van der Waals surface area contributed by atoms with Crippen molar-refractivity contribution in [3.8, 4) is 0 Å². The lowest BCUT2D eigenvalue weighted by atomic mass is 10.4. The van der Waals surface area contributed by atoms with Crippen molar-refractivity contribution in [3.05, 3.63) is 24.2 Å². The smallest absolute Gasteiger partial charge is 0.219 e. The van der Waals surface area contributed by atoms with Crippen LogP contribution in [0.25, 0.3) is 0 Å². The first-order chi connectivity index (χ1) is 8.25. The first kappa shape index (κ1) is 11.5. The minimum Gasteiger partial charge on any atom is -0.467 e. The van der Waals surface area contributed by atoms with Crippen molar-refractivity contribution in [1.82, 2.24) is 4.90 Å². The van der Waals surface area contributed by atoms with E-state index in [1.54, 1.807) is 6.26 Å². The third kappa shape index (κ3) is 3.24. The van der Waals surface area contributed by atoms with Gasteiger partial charge in [0.2, 0.25) is 5.96 Å². The molecule has 6 nitrogen and oxygen atoms in total. The summed E-state index contributed by atoms with van der Waals surface area (Å²) >= 11 is 0. The highest BCUT2D eigenvalue weighted by atomic mass is 16.3. The molecule has 0 aromatic carbocycles. The monoisotopic (exact) mass is 235 g/mol. The van der Waals surface area contributed by atoms with Gasteiger partial charge in [-0.2, -0.15) is 4.99 Å². The Balaban J connectivity index is 1.92. The number of hydrogen-bond donors (Lipinski definition) is 2. The number of nitrogens with zero attached hydrogens (tertiary/aromatic N) is 3. The van der Waals surface area contributed by atoms with Crippen LogP contribution in [0.5, 0.6) is 0 Å². The van der Waals surface area contributed by atoms with Crippen LogP contribution < -0.4 is 11.5 Å². The maximum atomic E-state index is 5.82. The Morgan fingerprint density at radius 3 is 2.76 bits per heavy atom. The molecule has 0 bridgehead atoms. The van der Waals surface area contributed by atoms with Gasteiger partial charge in [-0.15, -0.1) is 0 Å². The fourth-order valence-corrected chi connectivity index (χ4v) is 1.73. The van der Waals surface area contributed by atoms with Crippen molar-refractivity contribution in [2.24, 2.45) is 21.5 Å². The van der Waals surface area contributed by atoms with Crippen LogP contribution in [0.1, 0.15) is 18.6 Å². The molecule has 1 fully saturated rings. The third-order valence-electron chi connectivity index (χ3n) is 2.64. The molecule has 4 N–H and O–H groups in total. The van der Waals surface area contributed by atoms with Crippen molar-refractivity contribution in [3.63, 3.8) is 0 Å². The molecule has 92 valence electrons. The molecule has 0 amide bonds. The van der Waals surface area contributed by atoms with E-state index in [1.807, 2.05) is 17.0 Å². The molecule has 0 spiro atoms. The van der Waals surface area contributed by atoms with Crippen LogP contribution in [0, 0.1) is 0 Å². The number of furan rings is 1. The van der Waals surface area contributed by atoms with E-state index in [1.165, 1.54) is 0 Å². The molecular formula is C11H17N5O. The summed E-state index contributed by atoms with van der Waals surface area (Å²) in [7, 11) is 0. The number of hydrogen-bond acceptors (Lipinski definition) is 2. The van der Waals surface area contributed by atoms with Crippen LogP contribution in [0.15, 0.2) is 32.8 Å². The second-order valence-electron chi connectivity index (χ2n) is 3.92. The molecule has 6 heteroatoms. The number of guanidine groups is 2. The van der Waals surface area contributed by atoms with Crippen molar-refractivity contribution in [2.45, 2.75) is 19.4 Å². The lowest BCUT2D eigenvalue weighted by Crippen LogP contribution is -2.36. The molecule has 2 heterocycles. The Morgan fingerprint density at radius 1 is 1.35 bits per heavy atom. The van der Waals surface area contributed by atoms with Crippen LogP contribution in [0.2, 0.25) is 0 Å². The number of rotatable bonds is 2. The number of likely N-dealkylation sites (tertiary alicyclic amines) is 1. The number of aliphatic imine (C=N–C) groups is 2. The van der Waals surface area contributed by atoms with E-state index in [0.717, 1.165) is 31.7 Å². The molecule has 17 heavy (non-hydrogen) atoms. The molecule has 1 aromatic heterocycles. The van der Waals surface area contributed by atoms with E-state index in [4.69, 9.17) is 15.9 Å². The zero-order valence-corrected chi connectivity index (χ0v) is 9.67. The summed E-state index contributed by atoms with van der Waals surface area (Å²) in [5, 5.41) is 0. The predicted octanol–water partition coefficient (Wildman–Crippen LogP) is 0.505. The molecule has 2 rings (SSSR count). The van der Waals surface area contributed by atoms with Crippen molar-refractivity contribution >= 4 is 11.9 Å². The Morgan fingerprint density at radius 2 is 2.12 bits per heavy atom. The van der Waals surface area contributed by atoms with Gasteiger partial charge in [-0.25, -0.2) is 4.99 Å². The topological polar surface area (TPSA) is 93.1 Å². The van der Waals surface area contributed by atoms with Gasteiger partial charge in [-0.1, -0.05) is 0 Å². The summed E-state index contributed by atoms with van der Waals surface area (Å²) in [6.07, 6.45) is 3.90. The van der Waals surface area contributed by atoms with E-state index in [0.29, 0.717) is 12.5 Å². The van der Waals surface area contributed by atoms with Crippen molar-refractivity contribution in [2.75, 3.05) is 13.1 Å². The highest BCUT2D eigenvalue weighted by Crippen LogP contribution is 2.06. The quantitative estimate of drug-likeness (QED) is 0.576. The van der Waals surface area contributed by atoms with Gasteiger partial charge in [0.25, 0.3) is 0 Å². The summed E-state index contributed by atoms with van der Waals surface area (Å²) in [4.78, 5) is 10.2. The van der Waals surface area contributed by atoms with E-state index in [2.05, 4.69) is 9.98 Å². The molecule has 1 aromatic rings. The van der Waals surface area contributed by atoms with E-state index in [9.17, 15) is 0 Å². The SMILES string of the molecule is NC(=NCc1ccco1)/N=C(\N)N1CCCC1. The second-order valence-corrected chi connectivity index (χ2v) is 3.92. The number of nitrogens with two attached hydrogens (primary N) is 2. The Labute approximate surface area is 100 Å². The van der Waals surface area contributed by atoms with E-state index in [-0.39, 0.29) is 5.96 Å². The predicted molar refractivity (Wildman–Crippen MR) is 66.5 cm³/mol. The van der Waals surface area contributed by atoms with Gasteiger partial charge in [0.15, 0.2) is 5.96 Å². The highest BCUT2D eigenvalue weighted by Gasteiger charge is 2.13. The maximum Gasteiger partial charge on any atom is 0.219 e. The summed E-state index contributed by atoms with van der Waals surface area (Å²) in [5.41, 5.74) is 11.5. The lowest BCUT2D eigenvalue weighted by Gasteiger charge is -2.15. The second kappa shape index (κ2) is 5.38. The minimum absolute atomic E-state index is 0.186. The summed E-state index contributed by atoms with van der Waals surface area (Å²) in [5.74, 6) is 1.39. The highest BCUT2D eigenvalue weighted by molar-refractivity contribution is 5.93. The van der Waals surface area contributed by atoms with Crippen LogP contribution in [0.4, 0.5) is 0 Å². The Bertz CT molecular complexity index is 404. The fourth-order valence-electron chi connectivity index (χ4n) is 1.73. The Hall–Kier alpha value is -1.98. The standard InChI is InChI=1S/C11H17N5O/c12-10(14-8-9-4-3-7-17-9)15-11(13)16-5-1-2-6-16/h3-4,7H,1-2,5-6,8H2,(H4,12,13,14,15). The zero-order valence-electron chi connectivity index (χ0n) is 9.67. The summed E-state index contributed by atoms with van der Waals surface area (Å²) < 4.78 is 5.14. The molecule has 0 unspecified atom stereocenters. The van der Waals surface area contributed by atoms with Gasteiger partial charge >= 0.3 is 0 Å². The van der Waals surface area contributed by atoms with Gasteiger partial charge in [0, 0.05) is 13.1 Å².